The summed E-state index contributed by atoms with van der Waals surface area (Å²) >= 11 is 0. The van der Waals surface area contributed by atoms with Gasteiger partial charge in [-0.15, -0.1) is 0 Å². The maximum atomic E-state index is 11.9. The van der Waals surface area contributed by atoms with Gasteiger partial charge in [0.15, 0.2) is 12.2 Å². The summed E-state index contributed by atoms with van der Waals surface area (Å²) in [4.78, 5) is 46.9. The molecule has 0 amide bonds. The number of benzene rings is 1. The molecule has 0 saturated carbocycles. The van der Waals surface area contributed by atoms with E-state index in [1.165, 1.54) is 27.7 Å². The van der Waals surface area contributed by atoms with Gasteiger partial charge in [0.1, 0.15) is 31.0 Å². The Morgan fingerprint density at radius 2 is 1.11 bits per heavy atom. The quantitative estimate of drug-likeness (QED) is 0.268. The third-order valence-corrected chi connectivity index (χ3v) is 7.92. The molecule has 1 aromatic rings. The fourth-order valence-corrected chi connectivity index (χ4v) is 5.47. The first-order chi connectivity index (χ1) is 20.8. The first-order valence-electron chi connectivity index (χ1n) is 14.9. The Morgan fingerprint density at radius 3 is 1.61 bits per heavy atom. The Hall–Kier alpha value is -3.86. The molecule has 0 N–H and O–H groups in total. The Kier molecular flexibility index (Phi) is 12.4. The SMILES string of the molecule is CC[C@H]1O[C@H](C#Cc2ccc(C#C[C@H]3O[C@H](COC(C)=O)[C@@H](OC(C)=O)[C@H](OC(C)=O)[C@@H]3C)cc2)[C@@H](OC(C)=O)[C@@H](C)[C@@H]1C. The third kappa shape index (κ3) is 9.32. The first kappa shape index (κ1) is 34.6. The van der Waals surface area contributed by atoms with Crippen molar-refractivity contribution >= 4 is 23.9 Å². The number of rotatable bonds is 6. The average Bonchev–Trinajstić information content (AvgIpc) is 2.96. The summed E-state index contributed by atoms with van der Waals surface area (Å²) in [5.74, 6) is 10.3. The highest BCUT2D eigenvalue weighted by Gasteiger charge is 2.48. The lowest BCUT2D eigenvalue weighted by Gasteiger charge is -2.42. The van der Waals surface area contributed by atoms with Gasteiger partial charge < -0.3 is 28.4 Å². The summed E-state index contributed by atoms with van der Waals surface area (Å²) in [5, 5.41) is 0. The summed E-state index contributed by atoms with van der Waals surface area (Å²) in [6.45, 7) is 13.0. The normalized spacial score (nSPS) is 31.2. The lowest BCUT2D eigenvalue weighted by Crippen LogP contribution is -2.57. The summed E-state index contributed by atoms with van der Waals surface area (Å²) in [7, 11) is 0. The van der Waals surface area contributed by atoms with Crippen LogP contribution in [0.1, 0.15) is 72.9 Å². The second-order valence-electron chi connectivity index (χ2n) is 11.3. The minimum Gasteiger partial charge on any atom is -0.463 e. The number of ether oxygens (including phenoxy) is 6. The largest absolute Gasteiger partial charge is 0.463 e. The topological polar surface area (TPSA) is 124 Å². The smallest absolute Gasteiger partial charge is 0.303 e. The average molecular weight is 611 g/mol. The van der Waals surface area contributed by atoms with Crippen molar-refractivity contribution in [2.45, 2.75) is 105 Å². The number of esters is 4. The van der Waals surface area contributed by atoms with Gasteiger partial charge in [-0.05, 0) is 36.6 Å². The van der Waals surface area contributed by atoms with Crippen LogP contribution in [0.3, 0.4) is 0 Å². The maximum Gasteiger partial charge on any atom is 0.303 e. The standard InChI is InChI=1S/C34H42O10/c1-9-28-19(2)20(3)32(40-23(6)36)30(43-28)17-15-27-12-10-26(11-13-27)14-16-29-21(4)33(41-24(7)37)34(42-25(8)38)31(44-29)18-39-22(5)35/h10-13,19-21,28-34H,9,18H2,1-8H3/t19-,20-,21+,28+,29+,30+,31+,32-,33+,34+/m0/s1. The molecule has 44 heavy (non-hydrogen) atoms. The van der Waals surface area contributed by atoms with Crippen LogP contribution in [0.2, 0.25) is 0 Å². The predicted octanol–water partition coefficient (Wildman–Crippen LogP) is 3.60. The summed E-state index contributed by atoms with van der Waals surface area (Å²) in [6, 6.07) is 7.29. The van der Waals surface area contributed by atoms with Gasteiger partial charge in [-0.3, -0.25) is 19.2 Å². The molecule has 0 unspecified atom stereocenters. The number of hydrogen-bond acceptors (Lipinski definition) is 10. The molecule has 2 aliphatic rings. The molecule has 0 aliphatic carbocycles. The van der Waals surface area contributed by atoms with Crippen LogP contribution in [-0.2, 0) is 47.6 Å². The van der Waals surface area contributed by atoms with E-state index in [0.717, 1.165) is 12.0 Å². The molecule has 238 valence electrons. The van der Waals surface area contributed by atoms with Crippen molar-refractivity contribution in [3.05, 3.63) is 35.4 Å². The molecule has 2 saturated heterocycles. The molecule has 0 bridgehead atoms. The van der Waals surface area contributed by atoms with Gasteiger partial charge in [0.2, 0.25) is 0 Å². The first-order valence-corrected chi connectivity index (χ1v) is 14.9. The third-order valence-electron chi connectivity index (χ3n) is 7.92. The zero-order chi connectivity index (χ0) is 32.6. The Bertz CT molecular complexity index is 1310. The maximum absolute atomic E-state index is 11.9. The van der Waals surface area contributed by atoms with Crippen molar-refractivity contribution in [2.75, 3.05) is 6.61 Å². The van der Waals surface area contributed by atoms with Crippen molar-refractivity contribution in [2.24, 2.45) is 17.8 Å². The van der Waals surface area contributed by atoms with Gasteiger partial charge in [0.05, 0.1) is 6.10 Å². The molecule has 10 nitrogen and oxygen atoms in total. The lowest BCUT2D eigenvalue weighted by molar-refractivity contribution is -0.222. The monoisotopic (exact) mass is 610 g/mol. The molecule has 1 aromatic carbocycles. The molecule has 2 fully saturated rings. The highest BCUT2D eigenvalue weighted by atomic mass is 16.6. The number of hydrogen-bond donors (Lipinski definition) is 0. The minimum absolute atomic E-state index is 0.0246. The van der Waals surface area contributed by atoms with Crippen LogP contribution in [0.25, 0.3) is 0 Å². The van der Waals surface area contributed by atoms with Crippen LogP contribution < -0.4 is 0 Å². The highest BCUT2D eigenvalue weighted by Crippen LogP contribution is 2.34. The Balaban J connectivity index is 1.80. The molecule has 0 aromatic heterocycles. The van der Waals surface area contributed by atoms with Crippen molar-refractivity contribution in [3.8, 4) is 23.7 Å². The second-order valence-corrected chi connectivity index (χ2v) is 11.3. The fraction of sp³-hybridized carbons (Fsp3) is 0.588. The van der Waals surface area contributed by atoms with E-state index in [2.05, 4.69) is 44.5 Å². The van der Waals surface area contributed by atoms with Gasteiger partial charge in [0, 0.05) is 50.7 Å². The van der Waals surface area contributed by atoms with Crippen LogP contribution in [0.4, 0.5) is 0 Å². The summed E-state index contributed by atoms with van der Waals surface area (Å²) in [6.07, 6.45) is -3.59. The van der Waals surface area contributed by atoms with Gasteiger partial charge in [-0.2, -0.15) is 0 Å². The zero-order valence-corrected chi connectivity index (χ0v) is 26.6. The molecule has 3 rings (SSSR count). The number of carbonyl (C=O) groups is 4. The van der Waals surface area contributed by atoms with E-state index in [-0.39, 0.29) is 30.5 Å². The molecule has 10 atom stereocenters. The van der Waals surface area contributed by atoms with E-state index in [4.69, 9.17) is 28.4 Å². The second kappa shape index (κ2) is 15.7. The zero-order valence-electron chi connectivity index (χ0n) is 26.6. The molecule has 2 aliphatic heterocycles. The van der Waals surface area contributed by atoms with Gasteiger partial charge in [0.25, 0.3) is 0 Å². The van der Waals surface area contributed by atoms with Crippen LogP contribution in [-0.4, -0.2) is 73.2 Å². The lowest BCUT2D eigenvalue weighted by atomic mass is 9.80. The highest BCUT2D eigenvalue weighted by molar-refractivity contribution is 5.68. The van der Waals surface area contributed by atoms with Crippen molar-refractivity contribution in [1.82, 2.24) is 0 Å². The van der Waals surface area contributed by atoms with E-state index in [1.54, 1.807) is 6.92 Å². The van der Waals surface area contributed by atoms with Crippen molar-refractivity contribution < 1.29 is 47.6 Å². The Labute approximate surface area is 259 Å². The van der Waals surface area contributed by atoms with Gasteiger partial charge >= 0.3 is 23.9 Å². The number of carbonyl (C=O) groups excluding carboxylic acids is 4. The summed E-state index contributed by atoms with van der Waals surface area (Å²) < 4.78 is 34.0. The summed E-state index contributed by atoms with van der Waals surface area (Å²) in [5.41, 5.74) is 1.43. The molecular weight excluding hydrogens is 568 g/mol. The van der Waals surface area contributed by atoms with Crippen LogP contribution in [0, 0.1) is 41.4 Å². The minimum atomic E-state index is -0.978. The van der Waals surface area contributed by atoms with E-state index < -0.39 is 60.4 Å². The molecule has 0 radical (unpaired) electrons. The van der Waals surface area contributed by atoms with Gasteiger partial charge in [-0.1, -0.05) is 51.4 Å². The van der Waals surface area contributed by atoms with E-state index in [1.807, 2.05) is 24.3 Å². The van der Waals surface area contributed by atoms with Crippen LogP contribution >= 0.6 is 0 Å². The molecule has 10 heteroatoms. The predicted molar refractivity (Wildman–Crippen MR) is 159 cm³/mol. The molecule has 2 heterocycles. The molecule has 0 spiro atoms. The van der Waals surface area contributed by atoms with E-state index >= 15 is 0 Å². The van der Waals surface area contributed by atoms with Crippen LogP contribution in [0.5, 0.6) is 0 Å². The van der Waals surface area contributed by atoms with E-state index in [9.17, 15) is 19.2 Å². The Morgan fingerprint density at radius 1 is 0.636 bits per heavy atom. The van der Waals surface area contributed by atoms with Gasteiger partial charge in [-0.25, -0.2) is 0 Å². The van der Waals surface area contributed by atoms with Crippen molar-refractivity contribution in [1.29, 1.82) is 0 Å². The van der Waals surface area contributed by atoms with Crippen LogP contribution in [0.15, 0.2) is 24.3 Å². The fourth-order valence-electron chi connectivity index (χ4n) is 5.47. The van der Waals surface area contributed by atoms with E-state index in [0.29, 0.717) is 5.56 Å². The van der Waals surface area contributed by atoms with Crippen molar-refractivity contribution in [3.63, 3.8) is 0 Å². The molecular formula is C34H42O10.